The number of carboxylic acids is 1. The second-order valence-electron chi connectivity index (χ2n) is 7.44. The first-order chi connectivity index (χ1) is 13.9. The molecule has 0 aromatic heterocycles. The van der Waals surface area contributed by atoms with Gasteiger partial charge in [-0.05, 0) is 46.9 Å². The number of benzene rings is 2. The molecule has 29 heavy (non-hydrogen) atoms. The third kappa shape index (κ3) is 3.66. The molecule has 1 N–H and O–H groups in total. The molecule has 2 heterocycles. The molecular formula is C23H22N2O4. The monoisotopic (exact) mass is 390 g/mol. The highest BCUT2D eigenvalue weighted by atomic mass is 16.4. The number of hydrogen-bond donors (Lipinski definition) is 1. The number of hydrogen-bond acceptors (Lipinski definition) is 3. The van der Waals surface area contributed by atoms with Gasteiger partial charge >= 0.3 is 5.97 Å². The molecule has 6 heteroatoms. The topological polar surface area (TPSA) is 77.9 Å². The van der Waals surface area contributed by atoms with E-state index in [1.54, 1.807) is 28.1 Å². The number of rotatable bonds is 3. The van der Waals surface area contributed by atoms with Crippen molar-refractivity contribution in [1.82, 2.24) is 9.80 Å². The average Bonchev–Trinajstić information content (AvgIpc) is 2.72. The lowest BCUT2D eigenvalue weighted by Crippen LogP contribution is -2.39. The zero-order valence-corrected chi connectivity index (χ0v) is 16.2. The van der Waals surface area contributed by atoms with Crippen LogP contribution in [-0.2, 0) is 22.6 Å². The fourth-order valence-electron chi connectivity index (χ4n) is 4.11. The van der Waals surface area contributed by atoms with Crippen molar-refractivity contribution in [3.63, 3.8) is 0 Å². The van der Waals surface area contributed by atoms with Crippen molar-refractivity contribution in [2.24, 2.45) is 0 Å². The van der Waals surface area contributed by atoms with E-state index in [9.17, 15) is 19.5 Å². The van der Waals surface area contributed by atoms with Crippen LogP contribution in [0.1, 0.15) is 52.0 Å². The summed E-state index contributed by atoms with van der Waals surface area (Å²) in [5.41, 5.74) is 4.15. The van der Waals surface area contributed by atoms with Crippen molar-refractivity contribution in [2.45, 2.75) is 32.4 Å². The second kappa shape index (κ2) is 7.54. The normalized spacial score (nSPS) is 17.5. The van der Waals surface area contributed by atoms with Crippen molar-refractivity contribution in [1.29, 1.82) is 0 Å². The molecule has 1 atom stereocenters. The Morgan fingerprint density at radius 2 is 1.90 bits per heavy atom. The Labute approximate surface area is 169 Å². The first-order valence-corrected chi connectivity index (χ1v) is 9.63. The Hall–Kier alpha value is -3.41. The summed E-state index contributed by atoms with van der Waals surface area (Å²) in [6.45, 7) is 2.47. The SMILES string of the molecule is CC(=O)N1C=Cc2ccccc2C1CC(=O)N1CCc2ccc(C(=O)O)cc2C1. The molecule has 148 valence electrons. The molecule has 0 radical (unpaired) electrons. The Morgan fingerprint density at radius 1 is 1.10 bits per heavy atom. The van der Waals surface area contributed by atoms with Crippen molar-refractivity contribution in [3.8, 4) is 0 Å². The molecule has 2 aromatic rings. The predicted octanol–water partition coefficient (Wildman–Crippen LogP) is 3.23. The number of amides is 2. The number of carbonyl (C=O) groups is 3. The van der Waals surface area contributed by atoms with Gasteiger partial charge in [0.25, 0.3) is 0 Å². The number of carboxylic acid groups (broad SMARTS) is 1. The van der Waals surface area contributed by atoms with Gasteiger partial charge < -0.3 is 14.9 Å². The highest BCUT2D eigenvalue weighted by Gasteiger charge is 2.31. The summed E-state index contributed by atoms with van der Waals surface area (Å²) in [4.78, 5) is 39.9. The summed E-state index contributed by atoms with van der Waals surface area (Å²) in [7, 11) is 0. The van der Waals surface area contributed by atoms with E-state index in [1.807, 2.05) is 36.4 Å². The molecule has 0 saturated heterocycles. The number of aromatic carboxylic acids is 1. The average molecular weight is 390 g/mol. The molecular weight excluding hydrogens is 368 g/mol. The van der Waals surface area contributed by atoms with Crippen LogP contribution < -0.4 is 0 Å². The highest BCUT2D eigenvalue weighted by Crippen LogP contribution is 2.34. The van der Waals surface area contributed by atoms with Crippen LogP contribution in [0.3, 0.4) is 0 Å². The Morgan fingerprint density at radius 3 is 2.66 bits per heavy atom. The van der Waals surface area contributed by atoms with Crippen molar-refractivity contribution in [3.05, 3.63) is 76.5 Å². The molecule has 0 saturated carbocycles. The summed E-state index contributed by atoms with van der Waals surface area (Å²) in [6.07, 6.45) is 4.52. The highest BCUT2D eigenvalue weighted by molar-refractivity contribution is 5.88. The van der Waals surface area contributed by atoms with Crippen LogP contribution in [0.25, 0.3) is 6.08 Å². The molecule has 2 aliphatic rings. The zero-order valence-electron chi connectivity index (χ0n) is 16.2. The van der Waals surface area contributed by atoms with Gasteiger partial charge in [0.15, 0.2) is 0 Å². The summed E-state index contributed by atoms with van der Waals surface area (Å²) in [5, 5.41) is 9.23. The van der Waals surface area contributed by atoms with Gasteiger partial charge in [-0.25, -0.2) is 4.79 Å². The van der Waals surface area contributed by atoms with Crippen LogP contribution in [0.2, 0.25) is 0 Å². The molecule has 2 aliphatic heterocycles. The van der Waals surface area contributed by atoms with Crippen LogP contribution in [0.15, 0.2) is 48.7 Å². The maximum Gasteiger partial charge on any atom is 0.335 e. The lowest BCUT2D eigenvalue weighted by atomic mass is 9.92. The van der Waals surface area contributed by atoms with E-state index in [-0.39, 0.29) is 29.8 Å². The van der Waals surface area contributed by atoms with E-state index in [0.29, 0.717) is 19.5 Å². The van der Waals surface area contributed by atoms with Crippen LogP contribution in [0.4, 0.5) is 0 Å². The maximum absolute atomic E-state index is 13.1. The zero-order chi connectivity index (χ0) is 20.5. The minimum Gasteiger partial charge on any atom is -0.478 e. The van der Waals surface area contributed by atoms with Gasteiger partial charge in [-0.1, -0.05) is 30.3 Å². The molecule has 4 rings (SSSR count). The molecule has 6 nitrogen and oxygen atoms in total. The summed E-state index contributed by atoms with van der Waals surface area (Å²) >= 11 is 0. The van der Waals surface area contributed by atoms with Crippen LogP contribution in [0.5, 0.6) is 0 Å². The summed E-state index contributed by atoms with van der Waals surface area (Å²) < 4.78 is 0. The van der Waals surface area contributed by atoms with E-state index in [2.05, 4.69) is 0 Å². The van der Waals surface area contributed by atoms with E-state index < -0.39 is 5.97 Å². The summed E-state index contributed by atoms with van der Waals surface area (Å²) in [6, 6.07) is 12.5. The second-order valence-corrected chi connectivity index (χ2v) is 7.44. The molecule has 1 unspecified atom stereocenters. The third-order valence-corrected chi connectivity index (χ3v) is 5.66. The Balaban J connectivity index is 1.56. The maximum atomic E-state index is 13.1. The van der Waals surface area contributed by atoms with Crippen molar-refractivity contribution < 1.29 is 19.5 Å². The van der Waals surface area contributed by atoms with Gasteiger partial charge in [0.1, 0.15) is 0 Å². The smallest absolute Gasteiger partial charge is 0.335 e. The van der Waals surface area contributed by atoms with Gasteiger partial charge in [-0.15, -0.1) is 0 Å². The van der Waals surface area contributed by atoms with E-state index in [0.717, 1.165) is 22.3 Å². The fourth-order valence-corrected chi connectivity index (χ4v) is 4.11. The molecule has 2 amide bonds. The van der Waals surface area contributed by atoms with Gasteiger partial charge in [-0.2, -0.15) is 0 Å². The molecule has 0 aliphatic carbocycles. The van der Waals surface area contributed by atoms with E-state index in [4.69, 9.17) is 0 Å². The van der Waals surface area contributed by atoms with Gasteiger partial charge in [-0.3, -0.25) is 9.59 Å². The minimum absolute atomic E-state index is 0.0438. The standard InChI is InChI=1S/C23H22N2O4/c1-15(26)25-11-9-17-4-2-3-5-20(17)21(25)13-22(27)24-10-8-16-6-7-18(23(28)29)12-19(16)14-24/h2-7,9,11-12,21H,8,10,13-14H2,1H3,(H,28,29). The van der Waals surface area contributed by atoms with Crippen LogP contribution in [0, 0.1) is 0 Å². The lowest BCUT2D eigenvalue weighted by Gasteiger charge is -2.35. The predicted molar refractivity (Wildman–Crippen MR) is 108 cm³/mol. The third-order valence-electron chi connectivity index (χ3n) is 5.66. The number of carbonyl (C=O) groups excluding carboxylic acids is 2. The van der Waals surface area contributed by atoms with Crippen LogP contribution >= 0.6 is 0 Å². The fraction of sp³-hybridized carbons (Fsp3) is 0.261. The molecule has 0 bridgehead atoms. The van der Waals surface area contributed by atoms with Gasteiger partial charge in [0.05, 0.1) is 18.0 Å². The first-order valence-electron chi connectivity index (χ1n) is 9.63. The van der Waals surface area contributed by atoms with Gasteiger partial charge in [0, 0.05) is 26.2 Å². The minimum atomic E-state index is -0.973. The number of fused-ring (bicyclic) bond motifs is 2. The Kier molecular flexibility index (Phi) is 4.92. The molecule has 0 spiro atoms. The number of nitrogens with zero attached hydrogens (tertiary/aromatic N) is 2. The van der Waals surface area contributed by atoms with E-state index >= 15 is 0 Å². The Bertz CT molecular complexity index is 1030. The first kappa shape index (κ1) is 18.9. The summed E-state index contributed by atoms with van der Waals surface area (Å²) in [5.74, 6) is -1.12. The van der Waals surface area contributed by atoms with E-state index in [1.165, 1.54) is 6.92 Å². The van der Waals surface area contributed by atoms with Gasteiger partial charge in [0.2, 0.25) is 11.8 Å². The molecule has 0 fully saturated rings. The van der Waals surface area contributed by atoms with Crippen molar-refractivity contribution in [2.75, 3.05) is 6.54 Å². The molecule has 2 aromatic carbocycles. The van der Waals surface area contributed by atoms with Crippen molar-refractivity contribution >= 4 is 23.9 Å². The largest absolute Gasteiger partial charge is 0.478 e. The van der Waals surface area contributed by atoms with Crippen LogP contribution in [-0.4, -0.2) is 39.2 Å². The quantitative estimate of drug-likeness (QED) is 0.873. The lowest BCUT2D eigenvalue weighted by molar-refractivity contribution is -0.135.